The van der Waals surface area contributed by atoms with Crippen molar-refractivity contribution in [2.45, 2.75) is 52.6 Å². The molecule has 0 atom stereocenters. The Morgan fingerprint density at radius 1 is 1.29 bits per heavy atom. The maximum Gasteiger partial charge on any atom is 0.270 e. The number of carbonyl (C=O) groups excluding carboxylic acids is 2. The van der Waals surface area contributed by atoms with E-state index in [0.717, 1.165) is 12.8 Å². The van der Waals surface area contributed by atoms with E-state index < -0.39 is 5.60 Å². The van der Waals surface area contributed by atoms with Gasteiger partial charge in [-0.1, -0.05) is 20.3 Å². The van der Waals surface area contributed by atoms with E-state index in [1.807, 2.05) is 6.92 Å². The summed E-state index contributed by atoms with van der Waals surface area (Å²) in [6, 6.07) is 5.35. The Kier molecular flexibility index (Phi) is 4.35. The van der Waals surface area contributed by atoms with Gasteiger partial charge in [0.25, 0.3) is 5.91 Å². The van der Waals surface area contributed by atoms with Gasteiger partial charge in [-0.2, -0.15) is 0 Å². The molecule has 114 valence electrons. The van der Waals surface area contributed by atoms with Crippen molar-refractivity contribution in [3.63, 3.8) is 0 Å². The molecule has 0 saturated carbocycles. The molecule has 0 bridgehead atoms. The maximum absolute atomic E-state index is 12.6. The number of rotatable bonds is 5. The van der Waals surface area contributed by atoms with E-state index in [4.69, 9.17) is 4.74 Å². The van der Waals surface area contributed by atoms with Crippen LogP contribution in [0.2, 0.25) is 0 Å². The quantitative estimate of drug-likeness (QED) is 0.778. The Morgan fingerprint density at radius 3 is 2.62 bits per heavy atom. The van der Waals surface area contributed by atoms with Gasteiger partial charge in [0.05, 0.1) is 5.69 Å². The molecule has 1 heterocycles. The van der Waals surface area contributed by atoms with Crippen LogP contribution in [0, 0.1) is 0 Å². The Labute approximate surface area is 126 Å². The average Bonchev–Trinajstić information content (AvgIpc) is 2.46. The van der Waals surface area contributed by atoms with Gasteiger partial charge in [-0.3, -0.25) is 9.59 Å². The van der Waals surface area contributed by atoms with Crippen molar-refractivity contribution < 1.29 is 14.3 Å². The highest BCUT2D eigenvalue weighted by atomic mass is 16.5. The zero-order valence-corrected chi connectivity index (χ0v) is 13.2. The first-order chi connectivity index (χ1) is 9.90. The van der Waals surface area contributed by atoms with E-state index >= 15 is 0 Å². The van der Waals surface area contributed by atoms with Crippen molar-refractivity contribution in [2.75, 3.05) is 11.4 Å². The number of benzene rings is 1. The lowest BCUT2D eigenvalue weighted by atomic mass is 10.0. The van der Waals surface area contributed by atoms with Crippen LogP contribution in [0.25, 0.3) is 0 Å². The first-order valence-electron chi connectivity index (χ1n) is 7.59. The van der Waals surface area contributed by atoms with E-state index in [9.17, 15) is 9.59 Å². The maximum atomic E-state index is 12.6. The molecule has 0 unspecified atom stereocenters. The number of nitrogens with zero attached hydrogens (tertiary/aromatic N) is 1. The van der Waals surface area contributed by atoms with Crippen molar-refractivity contribution in [2.24, 2.45) is 0 Å². The van der Waals surface area contributed by atoms with Crippen LogP contribution in [0.1, 0.15) is 57.3 Å². The normalized spacial score (nSPS) is 16.4. The Balaban J connectivity index is 2.46. The minimum absolute atomic E-state index is 0.0513. The molecule has 0 N–H and O–H groups in total. The third kappa shape index (κ3) is 2.94. The minimum Gasteiger partial charge on any atom is -0.476 e. The molecular formula is C17H23NO3. The second-order valence-electron chi connectivity index (χ2n) is 5.88. The molecule has 0 aromatic heterocycles. The summed E-state index contributed by atoms with van der Waals surface area (Å²) in [4.78, 5) is 26.2. The van der Waals surface area contributed by atoms with Crippen LogP contribution >= 0.6 is 0 Å². The van der Waals surface area contributed by atoms with Crippen LogP contribution in [0.3, 0.4) is 0 Å². The predicted molar refractivity (Wildman–Crippen MR) is 83.0 cm³/mol. The summed E-state index contributed by atoms with van der Waals surface area (Å²) in [7, 11) is 0. The molecule has 0 spiro atoms. The number of carbonyl (C=O) groups is 2. The lowest BCUT2D eigenvalue weighted by Crippen LogP contribution is -2.52. The molecule has 1 aromatic rings. The molecule has 4 heteroatoms. The molecule has 0 aliphatic carbocycles. The summed E-state index contributed by atoms with van der Waals surface area (Å²) >= 11 is 0. The number of anilines is 1. The van der Waals surface area contributed by atoms with Gasteiger partial charge < -0.3 is 9.64 Å². The molecule has 4 nitrogen and oxygen atoms in total. The van der Waals surface area contributed by atoms with Crippen molar-refractivity contribution in [1.82, 2.24) is 0 Å². The van der Waals surface area contributed by atoms with Gasteiger partial charge in [0.1, 0.15) is 5.75 Å². The number of unbranched alkanes of at least 4 members (excludes halogenated alkanes) is 1. The third-order valence-electron chi connectivity index (χ3n) is 3.75. The number of fused-ring (bicyclic) bond motifs is 1. The molecule has 2 rings (SSSR count). The fourth-order valence-electron chi connectivity index (χ4n) is 2.48. The van der Waals surface area contributed by atoms with E-state index in [-0.39, 0.29) is 11.7 Å². The smallest absolute Gasteiger partial charge is 0.270 e. The Hall–Kier alpha value is -1.84. The highest BCUT2D eigenvalue weighted by Gasteiger charge is 2.40. The Morgan fingerprint density at radius 2 is 2.00 bits per heavy atom. The van der Waals surface area contributed by atoms with Gasteiger partial charge in [0, 0.05) is 18.5 Å². The van der Waals surface area contributed by atoms with E-state index in [1.54, 1.807) is 36.9 Å². The number of ether oxygens (including phenoxy) is 1. The zero-order valence-electron chi connectivity index (χ0n) is 13.2. The van der Waals surface area contributed by atoms with Crippen molar-refractivity contribution in [1.29, 1.82) is 0 Å². The standard InChI is InChI=1S/C17H23NO3/c1-5-7-10-18-13-11-12(14(19)6-2)8-9-15(13)21-17(3,4)16(18)20/h8-9,11H,5-7,10H2,1-4H3. The fourth-order valence-corrected chi connectivity index (χ4v) is 2.48. The van der Waals surface area contributed by atoms with Crippen LogP contribution in [0.5, 0.6) is 5.75 Å². The lowest BCUT2D eigenvalue weighted by Gasteiger charge is -2.39. The summed E-state index contributed by atoms with van der Waals surface area (Å²) in [6.07, 6.45) is 2.38. The molecule has 1 aromatic carbocycles. The highest BCUT2D eigenvalue weighted by Crippen LogP contribution is 2.38. The van der Waals surface area contributed by atoms with Gasteiger partial charge in [-0.25, -0.2) is 0 Å². The fraction of sp³-hybridized carbons (Fsp3) is 0.529. The summed E-state index contributed by atoms with van der Waals surface area (Å²) in [5.74, 6) is 0.693. The first kappa shape index (κ1) is 15.5. The molecule has 1 amide bonds. The number of hydrogen-bond acceptors (Lipinski definition) is 3. The molecule has 0 fully saturated rings. The number of hydrogen-bond donors (Lipinski definition) is 0. The van der Waals surface area contributed by atoms with Crippen LogP contribution in [0.15, 0.2) is 18.2 Å². The van der Waals surface area contributed by atoms with Crippen molar-refractivity contribution >= 4 is 17.4 Å². The van der Waals surface area contributed by atoms with Crippen LogP contribution in [-0.2, 0) is 4.79 Å². The van der Waals surface area contributed by atoms with Crippen molar-refractivity contribution in [3.8, 4) is 5.75 Å². The lowest BCUT2D eigenvalue weighted by molar-refractivity contribution is -0.132. The molecular weight excluding hydrogens is 266 g/mol. The Bertz CT molecular complexity index is 563. The number of Topliss-reactive ketones (excluding diaryl/α,β-unsaturated/α-hetero) is 1. The van der Waals surface area contributed by atoms with Crippen LogP contribution < -0.4 is 9.64 Å². The van der Waals surface area contributed by atoms with Gasteiger partial charge in [0.15, 0.2) is 11.4 Å². The van der Waals surface area contributed by atoms with Crippen LogP contribution in [0.4, 0.5) is 5.69 Å². The highest BCUT2D eigenvalue weighted by molar-refractivity contribution is 6.04. The summed E-state index contributed by atoms with van der Waals surface area (Å²) < 4.78 is 5.81. The molecule has 21 heavy (non-hydrogen) atoms. The summed E-state index contributed by atoms with van der Waals surface area (Å²) in [6.45, 7) is 8.14. The molecule has 1 aliphatic rings. The largest absolute Gasteiger partial charge is 0.476 e. The van der Waals surface area contributed by atoms with Gasteiger partial charge >= 0.3 is 0 Å². The second-order valence-corrected chi connectivity index (χ2v) is 5.88. The summed E-state index contributed by atoms with van der Waals surface area (Å²) in [5.41, 5.74) is 0.484. The monoisotopic (exact) mass is 289 g/mol. The molecule has 0 saturated heterocycles. The van der Waals surface area contributed by atoms with Gasteiger partial charge in [-0.15, -0.1) is 0 Å². The second kappa shape index (κ2) is 5.88. The number of ketones is 1. The van der Waals surface area contributed by atoms with E-state index in [1.165, 1.54) is 0 Å². The average molecular weight is 289 g/mol. The van der Waals surface area contributed by atoms with E-state index in [2.05, 4.69) is 6.92 Å². The van der Waals surface area contributed by atoms with Crippen LogP contribution in [-0.4, -0.2) is 23.8 Å². The molecule has 1 aliphatic heterocycles. The SMILES string of the molecule is CCCCN1C(=O)C(C)(C)Oc2ccc(C(=O)CC)cc21. The topological polar surface area (TPSA) is 46.6 Å². The van der Waals surface area contributed by atoms with Gasteiger partial charge in [0.2, 0.25) is 0 Å². The van der Waals surface area contributed by atoms with Crippen molar-refractivity contribution in [3.05, 3.63) is 23.8 Å². The minimum atomic E-state index is -0.864. The summed E-state index contributed by atoms with van der Waals surface area (Å²) in [5, 5.41) is 0. The predicted octanol–water partition coefficient (Wildman–Crippen LogP) is 3.58. The number of amides is 1. The third-order valence-corrected chi connectivity index (χ3v) is 3.75. The molecule has 0 radical (unpaired) electrons. The first-order valence-corrected chi connectivity index (χ1v) is 7.59. The zero-order chi connectivity index (χ0) is 15.6. The van der Waals surface area contributed by atoms with E-state index in [0.29, 0.717) is 30.0 Å². The van der Waals surface area contributed by atoms with Gasteiger partial charge in [-0.05, 0) is 38.5 Å².